The van der Waals surface area contributed by atoms with E-state index in [1.165, 1.54) is 6.07 Å². The Kier molecular flexibility index (Phi) is 5.07. The highest BCUT2D eigenvalue weighted by atomic mass is 32.1. The SMILES string of the molecule is CO.O=[N+]([O-])c1ccccc1S. The third-order valence-corrected chi connectivity index (χ3v) is 1.46. The molecule has 12 heavy (non-hydrogen) atoms. The lowest BCUT2D eigenvalue weighted by Gasteiger charge is -1.91. The van der Waals surface area contributed by atoms with Crippen LogP contribution in [-0.4, -0.2) is 17.1 Å². The molecule has 66 valence electrons. The normalized spacial score (nSPS) is 8.25. The Morgan fingerprint density at radius 3 is 2.25 bits per heavy atom. The molecule has 1 aromatic carbocycles. The fourth-order valence-electron chi connectivity index (χ4n) is 0.619. The molecule has 5 heteroatoms. The monoisotopic (exact) mass is 187 g/mol. The summed E-state index contributed by atoms with van der Waals surface area (Å²) in [6.45, 7) is 0. The first-order chi connectivity index (χ1) is 5.72. The second kappa shape index (κ2) is 5.56. The predicted molar refractivity (Wildman–Crippen MR) is 48.5 cm³/mol. The molecule has 0 saturated heterocycles. The van der Waals surface area contributed by atoms with Gasteiger partial charge in [0.05, 0.1) is 9.82 Å². The van der Waals surface area contributed by atoms with E-state index in [2.05, 4.69) is 12.6 Å². The molecule has 4 nitrogen and oxygen atoms in total. The topological polar surface area (TPSA) is 63.4 Å². The number of hydrogen-bond acceptors (Lipinski definition) is 4. The minimum atomic E-state index is -0.456. The molecule has 1 N–H and O–H groups in total. The van der Waals surface area contributed by atoms with E-state index in [9.17, 15) is 10.1 Å². The molecule has 0 aliphatic carbocycles. The molecule has 0 bridgehead atoms. The van der Waals surface area contributed by atoms with Crippen molar-refractivity contribution in [2.24, 2.45) is 0 Å². The maximum absolute atomic E-state index is 10.2. The number of thiol groups is 1. The van der Waals surface area contributed by atoms with Crippen LogP contribution >= 0.6 is 12.6 Å². The van der Waals surface area contributed by atoms with Crippen LogP contribution in [0.5, 0.6) is 0 Å². The molecule has 0 heterocycles. The molecule has 0 aliphatic heterocycles. The van der Waals surface area contributed by atoms with Gasteiger partial charge in [-0.2, -0.15) is 0 Å². The lowest BCUT2D eigenvalue weighted by molar-refractivity contribution is -0.387. The fraction of sp³-hybridized carbons (Fsp3) is 0.143. The highest BCUT2D eigenvalue weighted by Gasteiger charge is 2.06. The van der Waals surface area contributed by atoms with Crippen molar-refractivity contribution in [3.63, 3.8) is 0 Å². The fourth-order valence-corrected chi connectivity index (χ4v) is 0.861. The van der Waals surface area contributed by atoms with Crippen molar-refractivity contribution in [2.75, 3.05) is 7.11 Å². The summed E-state index contributed by atoms with van der Waals surface area (Å²) in [5.41, 5.74) is 0.0471. The molecule has 0 atom stereocenters. The minimum Gasteiger partial charge on any atom is -0.400 e. The maximum atomic E-state index is 10.2. The molecule has 0 saturated carbocycles. The van der Waals surface area contributed by atoms with Crippen LogP contribution in [0.2, 0.25) is 0 Å². The summed E-state index contributed by atoms with van der Waals surface area (Å²) in [5, 5.41) is 17.2. The molecule has 0 amide bonds. The Balaban J connectivity index is 0.000000561. The van der Waals surface area contributed by atoms with Gasteiger partial charge in [0.15, 0.2) is 0 Å². The number of rotatable bonds is 1. The van der Waals surface area contributed by atoms with Crippen LogP contribution in [0.3, 0.4) is 0 Å². The van der Waals surface area contributed by atoms with E-state index >= 15 is 0 Å². The first-order valence-corrected chi connectivity index (χ1v) is 3.53. The summed E-state index contributed by atoms with van der Waals surface area (Å²) < 4.78 is 0. The Morgan fingerprint density at radius 1 is 1.42 bits per heavy atom. The van der Waals surface area contributed by atoms with Gasteiger partial charge in [-0.05, 0) is 6.07 Å². The third kappa shape index (κ3) is 2.89. The van der Waals surface area contributed by atoms with Gasteiger partial charge in [-0.15, -0.1) is 12.6 Å². The van der Waals surface area contributed by atoms with Crippen molar-refractivity contribution in [2.45, 2.75) is 4.90 Å². The highest BCUT2D eigenvalue weighted by molar-refractivity contribution is 7.80. The van der Waals surface area contributed by atoms with Gasteiger partial charge in [0.2, 0.25) is 0 Å². The largest absolute Gasteiger partial charge is 0.400 e. The van der Waals surface area contributed by atoms with Gasteiger partial charge in [0, 0.05) is 13.2 Å². The van der Waals surface area contributed by atoms with Gasteiger partial charge in [0.25, 0.3) is 5.69 Å². The zero-order valence-corrected chi connectivity index (χ0v) is 7.36. The van der Waals surface area contributed by atoms with Crippen LogP contribution in [0.15, 0.2) is 29.2 Å². The zero-order valence-electron chi connectivity index (χ0n) is 6.47. The second-order valence-corrected chi connectivity index (χ2v) is 2.23. The molecule has 1 rings (SSSR count). The summed E-state index contributed by atoms with van der Waals surface area (Å²) in [7, 11) is 1.00. The van der Waals surface area contributed by atoms with E-state index in [0.717, 1.165) is 7.11 Å². The van der Waals surface area contributed by atoms with Gasteiger partial charge < -0.3 is 5.11 Å². The number of aliphatic hydroxyl groups is 1. The average Bonchev–Trinajstić information content (AvgIpc) is 2.08. The van der Waals surface area contributed by atoms with E-state index in [1.807, 2.05) is 0 Å². The molecule has 0 radical (unpaired) electrons. The van der Waals surface area contributed by atoms with Crippen molar-refractivity contribution < 1.29 is 10.0 Å². The smallest absolute Gasteiger partial charge is 0.282 e. The standard InChI is InChI=1S/C6H5NO2S.CH4O/c8-7(9)5-3-1-2-4-6(5)10;1-2/h1-4,10H;2H,1H3. The molecule has 0 fully saturated rings. The highest BCUT2D eigenvalue weighted by Crippen LogP contribution is 2.20. The number of aliphatic hydroxyl groups excluding tert-OH is 1. The molecular weight excluding hydrogens is 178 g/mol. The third-order valence-electron chi connectivity index (χ3n) is 1.08. The molecule has 0 aromatic heterocycles. The number of para-hydroxylation sites is 1. The Bertz CT molecular complexity index is 265. The van der Waals surface area contributed by atoms with Crippen molar-refractivity contribution in [1.82, 2.24) is 0 Å². The summed E-state index contributed by atoms with van der Waals surface area (Å²) in [5.74, 6) is 0. The number of hydrogen-bond donors (Lipinski definition) is 2. The van der Waals surface area contributed by atoms with E-state index in [4.69, 9.17) is 5.11 Å². The van der Waals surface area contributed by atoms with Crippen molar-refractivity contribution in [3.8, 4) is 0 Å². The summed E-state index contributed by atoms with van der Waals surface area (Å²) in [6.07, 6.45) is 0. The van der Waals surface area contributed by atoms with Gasteiger partial charge in [-0.25, -0.2) is 0 Å². The van der Waals surface area contributed by atoms with Crippen LogP contribution in [0.4, 0.5) is 5.69 Å². The predicted octanol–water partition coefficient (Wildman–Crippen LogP) is 1.49. The molecule has 1 aromatic rings. The quantitative estimate of drug-likeness (QED) is 0.398. The van der Waals surface area contributed by atoms with Crippen molar-refractivity contribution in [3.05, 3.63) is 34.4 Å². The lowest BCUT2D eigenvalue weighted by Crippen LogP contribution is -1.87. The van der Waals surface area contributed by atoms with Gasteiger partial charge >= 0.3 is 0 Å². The van der Waals surface area contributed by atoms with E-state index in [0.29, 0.717) is 4.90 Å². The van der Waals surface area contributed by atoms with Crippen LogP contribution < -0.4 is 0 Å². The zero-order chi connectivity index (χ0) is 9.56. The second-order valence-electron chi connectivity index (χ2n) is 1.75. The van der Waals surface area contributed by atoms with E-state index < -0.39 is 4.92 Å². The van der Waals surface area contributed by atoms with Gasteiger partial charge in [-0.3, -0.25) is 10.1 Å². The maximum Gasteiger partial charge on any atom is 0.282 e. The van der Waals surface area contributed by atoms with Crippen LogP contribution in [0.25, 0.3) is 0 Å². The molecular formula is C7H9NO3S. The Labute approximate surface area is 75.4 Å². The average molecular weight is 187 g/mol. The van der Waals surface area contributed by atoms with Crippen LogP contribution in [0.1, 0.15) is 0 Å². The molecule has 0 aliphatic rings. The summed E-state index contributed by atoms with van der Waals surface area (Å²) in [4.78, 5) is 10.1. The van der Waals surface area contributed by atoms with E-state index in [1.54, 1.807) is 18.2 Å². The minimum absolute atomic E-state index is 0.0471. The molecule has 0 spiro atoms. The lowest BCUT2D eigenvalue weighted by atomic mass is 10.3. The Hall–Kier alpha value is -1.07. The van der Waals surface area contributed by atoms with Crippen LogP contribution in [-0.2, 0) is 0 Å². The first-order valence-electron chi connectivity index (χ1n) is 3.09. The van der Waals surface area contributed by atoms with Gasteiger partial charge in [-0.1, -0.05) is 12.1 Å². The number of benzene rings is 1. The summed E-state index contributed by atoms with van der Waals surface area (Å²) in [6, 6.07) is 6.32. The number of nitro groups is 1. The molecule has 0 unspecified atom stereocenters. The number of nitrogens with zero attached hydrogens (tertiary/aromatic N) is 1. The van der Waals surface area contributed by atoms with Crippen LogP contribution in [0, 0.1) is 10.1 Å². The van der Waals surface area contributed by atoms with E-state index in [-0.39, 0.29) is 5.69 Å². The van der Waals surface area contributed by atoms with Crippen molar-refractivity contribution in [1.29, 1.82) is 0 Å². The first kappa shape index (κ1) is 10.9. The van der Waals surface area contributed by atoms with Gasteiger partial charge in [0.1, 0.15) is 0 Å². The number of nitro benzene ring substituents is 1. The summed E-state index contributed by atoms with van der Waals surface area (Å²) >= 11 is 3.90. The Morgan fingerprint density at radius 2 is 1.92 bits per heavy atom. The van der Waals surface area contributed by atoms with Crippen molar-refractivity contribution >= 4 is 18.3 Å².